The van der Waals surface area contributed by atoms with Gasteiger partial charge in [-0.05, 0) is 19.3 Å². The van der Waals surface area contributed by atoms with E-state index in [0.717, 1.165) is 25.1 Å². The van der Waals surface area contributed by atoms with Crippen molar-refractivity contribution in [2.45, 2.75) is 37.6 Å². The van der Waals surface area contributed by atoms with Crippen molar-refractivity contribution in [3.8, 4) is 0 Å². The molecule has 0 radical (unpaired) electrons. The van der Waals surface area contributed by atoms with Crippen molar-refractivity contribution in [2.75, 3.05) is 11.9 Å². The van der Waals surface area contributed by atoms with Crippen LogP contribution in [0.15, 0.2) is 18.7 Å². The highest BCUT2D eigenvalue weighted by Crippen LogP contribution is 2.41. The third-order valence-electron chi connectivity index (χ3n) is 4.56. The zero-order chi connectivity index (χ0) is 17.4. The SMILES string of the molecule is FC(F)CNc1cc(Cl)nc2c1ncn2[C@H]1CC[C@@H](c2ncn[nH]2)C1. The van der Waals surface area contributed by atoms with Gasteiger partial charge < -0.3 is 9.88 Å². The summed E-state index contributed by atoms with van der Waals surface area (Å²) in [5, 5.41) is 9.77. The third kappa shape index (κ3) is 3.15. The molecular formula is C15H16ClF2N7. The highest BCUT2D eigenvalue weighted by Gasteiger charge is 2.30. The summed E-state index contributed by atoms with van der Waals surface area (Å²) in [6.45, 7) is -0.459. The number of halogens is 3. The van der Waals surface area contributed by atoms with Gasteiger partial charge in [-0.1, -0.05) is 11.6 Å². The number of aromatic amines is 1. The van der Waals surface area contributed by atoms with Crippen LogP contribution in [-0.4, -0.2) is 42.7 Å². The van der Waals surface area contributed by atoms with Crippen LogP contribution in [0.5, 0.6) is 0 Å². The van der Waals surface area contributed by atoms with E-state index in [2.05, 4.69) is 30.5 Å². The van der Waals surface area contributed by atoms with Gasteiger partial charge in [0.2, 0.25) is 0 Å². The molecule has 1 aliphatic carbocycles. The zero-order valence-corrected chi connectivity index (χ0v) is 13.9. The van der Waals surface area contributed by atoms with Gasteiger partial charge in [-0.2, -0.15) is 5.10 Å². The lowest BCUT2D eigenvalue weighted by Crippen LogP contribution is -2.11. The van der Waals surface area contributed by atoms with Crippen LogP contribution in [0.1, 0.15) is 37.0 Å². The highest BCUT2D eigenvalue weighted by molar-refractivity contribution is 6.30. The Morgan fingerprint density at radius 2 is 2.24 bits per heavy atom. The Labute approximate surface area is 146 Å². The Bertz CT molecular complexity index is 864. The highest BCUT2D eigenvalue weighted by atomic mass is 35.5. The molecule has 2 N–H and O–H groups in total. The summed E-state index contributed by atoms with van der Waals surface area (Å²) < 4.78 is 27.0. The van der Waals surface area contributed by atoms with E-state index in [0.29, 0.717) is 22.8 Å². The van der Waals surface area contributed by atoms with Gasteiger partial charge in [0.25, 0.3) is 6.43 Å². The van der Waals surface area contributed by atoms with E-state index in [9.17, 15) is 8.78 Å². The summed E-state index contributed by atoms with van der Waals surface area (Å²) in [5.41, 5.74) is 1.62. The van der Waals surface area contributed by atoms with E-state index in [4.69, 9.17) is 11.6 Å². The number of imidazole rings is 1. The number of hydrogen-bond donors (Lipinski definition) is 2. The maximum atomic E-state index is 12.5. The second-order valence-electron chi connectivity index (χ2n) is 6.12. The lowest BCUT2D eigenvalue weighted by atomic mass is 10.1. The first-order valence-electron chi connectivity index (χ1n) is 8.02. The number of rotatable bonds is 5. The minimum atomic E-state index is -2.46. The van der Waals surface area contributed by atoms with Crippen LogP contribution < -0.4 is 5.32 Å². The molecule has 10 heteroatoms. The van der Waals surface area contributed by atoms with Crippen LogP contribution in [0.25, 0.3) is 11.2 Å². The van der Waals surface area contributed by atoms with Crippen molar-refractivity contribution in [1.82, 2.24) is 29.7 Å². The van der Waals surface area contributed by atoms with Gasteiger partial charge in [-0.25, -0.2) is 23.7 Å². The molecule has 4 rings (SSSR count). The molecular weight excluding hydrogens is 352 g/mol. The van der Waals surface area contributed by atoms with E-state index in [1.54, 1.807) is 6.33 Å². The van der Waals surface area contributed by atoms with Crippen molar-refractivity contribution in [2.24, 2.45) is 0 Å². The topological polar surface area (TPSA) is 84.3 Å². The molecule has 0 aliphatic heterocycles. The summed E-state index contributed by atoms with van der Waals surface area (Å²) >= 11 is 6.08. The molecule has 132 valence electrons. The smallest absolute Gasteiger partial charge is 0.255 e. The van der Waals surface area contributed by atoms with Gasteiger partial charge in [-0.15, -0.1) is 0 Å². The molecule has 0 unspecified atom stereocenters. The van der Waals surface area contributed by atoms with Crippen LogP contribution in [0.3, 0.4) is 0 Å². The summed E-state index contributed by atoms with van der Waals surface area (Å²) in [5.74, 6) is 1.19. The average Bonchev–Trinajstić information content (AvgIpc) is 3.30. The van der Waals surface area contributed by atoms with Crippen molar-refractivity contribution < 1.29 is 8.78 Å². The molecule has 0 saturated heterocycles. The number of alkyl halides is 2. The zero-order valence-electron chi connectivity index (χ0n) is 13.2. The fourth-order valence-electron chi connectivity index (χ4n) is 3.44. The lowest BCUT2D eigenvalue weighted by molar-refractivity contribution is 0.163. The van der Waals surface area contributed by atoms with Crippen molar-refractivity contribution in [3.63, 3.8) is 0 Å². The predicted molar refractivity (Wildman–Crippen MR) is 89.0 cm³/mol. The Morgan fingerprint density at radius 3 is 3.00 bits per heavy atom. The maximum Gasteiger partial charge on any atom is 0.255 e. The molecule has 1 fully saturated rings. The summed E-state index contributed by atoms with van der Waals surface area (Å²) in [4.78, 5) is 13.0. The number of nitrogens with zero attached hydrogens (tertiary/aromatic N) is 5. The first-order valence-corrected chi connectivity index (χ1v) is 8.40. The monoisotopic (exact) mass is 367 g/mol. The second kappa shape index (κ2) is 6.55. The molecule has 1 saturated carbocycles. The van der Waals surface area contributed by atoms with E-state index in [-0.39, 0.29) is 11.2 Å². The number of aromatic nitrogens is 6. The normalized spacial score (nSPS) is 20.6. The van der Waals surface area contributed by atoms with Gasteiger partial charge in [0, 0.05) is 18.0 Å². The number of hydrogen-bond acceptors (Lipinski definition) is 5. The van der Waals surface area contributed by atoms with Crippen molar-refractivity contribution in [3.05, 3.63) is 29.7 Å². The largest absolute Gasteiger partial charge is 0.377 e. The summed E-state index contributed by atoms with van der Waals surface area (Å²) in [7, 11) is 0. The molecule has 0 bridgehead atoms. The maximum absolute atomic E-state index is 12.5. The number of anilines is 1. The molecule has 3 heterocycles. The summed E-state index contributed by atoms with van der Waals surface area (Å²) in [6.07, 6.45) is 3.57. The molecule has 2 atom stereocenters. The molecule has 3 aromatic rings. The quantitative estimate of drug-likeness (QED) is 0.675. The van der Waals surface area contributed by atoms with Gasteiger partial charge in [-0.3, -0.25) is 5.10 Å². The molecule has 0 spiro atoms. The van der Waals surface area contributed by atoms with Crippen molar-refractivity contribution in [1.29, 1.82) is 0 Å². The Hall–Kier alpha value is -2.29. The minimum absolute atomic E-state index is 0.203. The van der Waals surface area contributed by atoms with E-state index < -0.39 is 13.0 Å². The van der Waals surface area contributed by atoms with Gasteiger partial charge >= 0.3 is 0 Å². The average molecular weight is 368 g/mol. The van der Waals surface area contributed by atoms with E-state index in [1.807, 2.05) is 4.57 Å². The first-order chi connectivity index (χ1) is 12.1. The molecule has 3 aromatic heterocycles. The number of H-pyrrole nitrogens is 1. The molecule has 1 aliphatic rings. The Balaban J connectivity index is 1.62. The minimum Gasteiger partial charge on any atom is -0.377 e. The van der Waals surface area contributed by atoms with Crippen molar-refractivity contribution >= 4 is 28.5 Å². The Morgan fingerprint density at radius 1 is 1.36 bits per heavy atom. The molecule has 7 nitrogen and oxygen atoms in total. The standard InChI is InChI=1S/C15H16ClF2N7/c16-11-4-10(19-5-12(17)18)13-15(23-11)25(7-21-13)9-2-1-8(3-9)14-20-6-22-24-14/h4,6-9,12H,1-3,5H2,(H,19,23)(H,20,22,24)/t8-,9+/m1/s1. The number of fused-ring (bicyclic) bond motifs is 1. The fraction of sp³-hybridized carbons (Fsp3) is 0.467. The van der Waals surface area contributed by atoms with Crippen LogP contribution in [0.4, 0.5) is 14.5 Å². The third-order valence-corrected chi connectivity index (χ3v) is 4.76. The Kier molecular flexibility index (Phi) is 4.24. The summed E-state index contributed by atoms with van der Waals surface area (Å²) in [6, 6.07) is 1.73. The van der Waals surface area contributed by atoms with E-state index in [1.165, 1.54) is 12.4 Å². The first kappa shape index (κ1) is 16.2. The fourth-order valence-corrected chi connectivity index (χ4v) is 3.62. The number of nitrogens with one attached hydrogen (secondary N) is 2. The molecule has 0 aromatic carbocycles. The van der Waals surface area contributed by atoms with Crippen LogP contribution in [0.2, 0.25) is 5.15 Å². The van der Waals surface area contributed by atoms with E-state index >= 15 is 0 Å². The predicted octanol–water partition coefficient (Wildman–Crippen LogP) is 3.39. The molecule has 25 heavy (non-hydrogen) atoms. The lowest BCUT2D eigenvalue weighted by Gasteiger charge is -2.13. The van der Waals surface area contributed by atoms with Gasteiger partial charge in [0.1, 0.15) is 22.8 Å². The van der Waals surface area contributed by atoms with Crippen LogP contribution in [0, 0.1) is 0 Å². The second-order valence-corrected chi connectivity index (χ2v) is 6.51. The molecule has 0 amide bonds. The van der Waals surface area contributed by atoms with Crippen LogP contribution in [-0.2, 0) is 0 Å². The van der Waals surface area contributed by atoms with Crippen LogP contribution >= 0.6 is 11.6 Å². The van der Waals surface area contributed by atoms with Gasteiger partial charge in [0.15, 0.2) is 5.65 Å². The van der Waals surface area contributed by atoms with Gasteiger partial charge in [0.05, 0.1) is 18.6 Å². The number of pyridine rings is 1.